The van der Waals surface area contributed by atoms with Crippen LogP contribution in [0.1, 0.15) is 77.3 Å². The first kappa shape index (κ1) is 30.9. The summed E-state index contributed by atoms with van der Waals surface area (Å²) in [5.74, 6) is 0.00878. The Morgan fingerprint density at radius 3 is 2.50 bits per heavy atom. The maximum Gasteiger partial charge on any atom is 0.274 e. The molecule has 0 fully saturated rings. The number of likely N-dealkylation sites (N-methyl/N-ethyl adjacent to an activating group) is 1. The molecule has 44 heavy (non-hydrogen) atoms. The molecule has 5 rings (SSSR count). The summed E-state index contributed by atoms with van der Waals surface area (Å²) in [6.07, 6.45) is 1.71. The van der Waals surface area contributed by atoms with Crippen LogP contribution in [-0.2, 0) is 29.1 Å². The van der Waals surface area contributed by atoms with E-state index in [1.165, 1.54) is 0 Å². The minimum absolute atomic E-state index is 0.101. The minimum atomic E-state index is -0.726. The van der Waals surface area contributed by atoms with Crippen LogP contribution in [0.25, 0.3) is 0 Å². The molecule has 2 N–H and O–H groups in total. The van der Waals surface area contributed by atoms with E-state index in [2.05, 4.69) is 20.8 Å². The zero-order valence-corrected chi connectivity index (χ0v) is 25.8. The highest BCUT2D eigenvalue weighted by atomic mass is 16.2. The largest absolute Gasteiger partial charge is 0.344 e. The zero-order valence-electron chi connectivity index (χ0n) is 25.8. The monoisotopic (exact) mass is 603 g/mol. The first-order valence-corrected chi connectivity index (χ1v) is 15.3. The maximum atomic E-state index is 13.8. The molecule has 0 bridgehead atoms. The molecular formula is C31H41N9O4. The third-order valence-electron chi connectivity index (χ3n) is 8.44. The van der Waals surface area contributed by atoms with E-state index in [1.54, 1.807) is 39.2 Å². The van der Waals surface area contributed by atoms with Gasteiger partial charge in [-0.15, -0.1) is 0 Å². The van der Waals surface area contributed by atoms with E-state index in [4.69, 9.17) is 4.98 Å². The van der Waals surface area contributed by atoms with Gasteiger partial charge in [0.05, 0.1) is 19.1 Å². The van der Waals surface area contributed by atoms with Crippen LogP contribution in [0.15, 0.2) is 36.4 Å². The predicted molar refractivity (Wildman–Crippen MR) is 161 cm³/mol. The second kappa shape index (κ2) is 13.4. The number of carbonyl (C=O) groups excluding carboxylic acids is 4. The van der Waals surface area contributed by atoms with Crippen LogP contribution >= 0.6 is 0 Å². The van der Waals surface area contributed by atoms with Crippen molar-refractivity contribution in [3.05, 3.63) is 65.0 Å². The molecule has 0 aliphatic carbocycles. The van der Waals surface area contributed by atoms with Crippen LogP contribution in [0, 0.1) is 12.8 Å². The summed E-state index contributed by atoms with van der Waals surface area (Å²) < 4.78 is 3.33. The molecule has 0 saturated carbocycles. The van der Waals surface area contributed by atoms with Gasteiger partial charge in [0.15, 0.2) is 5.69 Å². The van der Waals surface area contributed by atoms with Crippen molar-refractivity contribution in [3.8, 4) is 0 Å². The van der Waals surface area contributed by atoms with Crippen LogP contribution in [-0.4, -0.2) is 90.7 Å². The van der Waals surface area contributed by atoms with Crippen molar-refractivity contribution in [1.82, 2.24) is 45.0 Å². The molecule has 4 amide bonds. The third kappa shape index (κ3) is 6.81. The van der Waals surface area contributed by atoms with Gasteiger partial charge >= 0.3 is 0 Å². The Kier molecular flexibility index (Phi) is 9.40. The number of fused-ring (bicyclic) bond motifs is 2. The molecule has 13 nitrogen and oxygen atoms in total. The van der Waals surface area contributed by atoms with E-state index in [0.29, 0.717) is 62.8 Å². The Morgan fingerprint density at radius 1 is 1.00 bits per heavy atom. The Morgan fingerprint density at radius 2 is 1.75 bits per heavy atom. The fourth-order valence-corrected chi connectivity index (χ4v) is 5.69. The molecule has 0 unspecified atom stereocenters. The lowest BCUT2D eigenvalue weighted by Crippen LogP contribution is -2.51. The molecule has 3 atom stereocenters. The van der Waals surface area contributed by atoms with Gasteiger partial charge in [-0.2, -0.15) is 10.2 Å². The Balaban J connectivity index is 1.47. The van der Waals surface area contributed by atoms with Gasteiger partial charge in [0.1, 0.15) is 23.4 Å². The normalized spacial score (nSPS) is 20.7. The molecular weight excluding hydrogens is 562 g/mol. The highest BCUT2D eigenvalue weighted by Crippen LogP contribution is 2.21. The third-order valence-corrected chi connectivity index (χ3v) is 8.44. The molecule has 1 aromatic carbocycles. The Labute approximate surface area is 257 Å². The van der Waals surface area contributed by atoms with Crippen LogP contribution in [0.5, 0.6) is 0 Å². The number of hydrogen-bond acceptors (Lipinski definition) is 7. The number of nitrogens with one attached hydrogen (secondary N) is 2. The van der Waals surface area contributed by atoms with Gasteiger partial charge in [-0.05, 0) is 31.2 Å². The van der Waals surface area contributed by atoms with Crippen molar-refractivity contribution in [3.63, 3.8) is 0 Å². The quantitative estimate of drug-likeness (QED) is 0.452. The van der Waals surface area contributed by atoms with E-state index in [0.717, 1.165) is 5.56 Å². The van der Waals surface area contributed by atoms with Gasteiger partial charge in [0.2, 0.25) is 11.8 Å². The lowest BCUT2D eigenvalue weighted by Gasteiger charge is -2.28. The van der Waals surface area contributed by atoms with Crippen molar-refractivity contribution in [2.45, 2.75) is 71.6 Å². The second-order valence-electron chi connectivity index (χ2n) is 11.7. The molecule has 2 aromatic heterocycles. The van der Waals surface area contributed by atoms with Crippen LogP contribution < -0.4 is 10.6 Å². The Bertz CT molecular complexity index is 1520. The molecule has 0 radical (unpaired) electrons. The number of benzene rings is 1. The highest BCUT2D eigenvalue weighted by Gasteiger charge is 2.32. The van der Waals surface area contributed by atoms with E-state index in [-0.39, 0.29) is 48.2 Å². The average molecular weight is 604 g/mol. The number of rotatable bonds is 5. The number of aryl methyl sites for hydroxylation is 1. The van der Waals surface area contributed by atoms with Gasteiger partial charge in [0, 0.05) is 39.2 Å². The fraction of sp³-hybridized carbons (Fsp3) is 0.516. The molecule has 4 heterocycles. The summed E-state index contributed by atoms with van der Waals surface area (Å²) in [6.45, 7) is 7.64. The second-order valence-corrected chi connectivity index (χ2v) is 11.7. The maximum absolute atomic E-state index is 13.8. The fourth-order valence-electron chi connectivity index (χ4n) is 5.69. The summed E-state index contributed by atoms with van der Waals surface area (Å²) in [5, 5.41) is 15.2. The summed E-state index contributed by atoms with van der Waals surface area (Å²) in [6, 6.07) is 10.1. The molecule has 234 valence electrons. The lowest BCUT2D eigenvalue weighted by molar-refractivity contribution is -0.130. The minimum Gasteiger partial charge on any atom is -0.344 e. The molecule has 13 heteroatoms. The van der Waals surface area contributed by atoms with Crippen LogP contribution in [0.3, 0.4) is 0 Å². The Hall–Kier alpha value is -4.55. The number of nitrogens with zero attached hydrogens (tertiary/aromatic N) is 7. The molecule has 2 aliphatic heterocycles. The highest BCUT2D eigenvalue weighted by molar-refractivity contribution is 5.98. The summed E-state index contributed by atoms with van der Waals surface area (Å²) in [7, 11) is 1.73. The van der Waals surface area contributed by atoms with Gasteiger partial charge in [-0.3, -0.25) is 23.9 Å². The standard InChI is InChI=1S/C31H41N9O4/c1-5-20(2)27-29(42)33-23(18-22-10-7-6-8-11-22)28-32-21(3)35-40(28)17-15-38(13-9-12-26(41)34-27)30(43)24-19-25-31(44)37(4)14-16-39(25)36-24/h6-8,10-11,19-20,23,27H,5,9,12-18H2,1-4H3,(H,33,42)(H,34,41)/t20-,23-,27-/m0/s1. The van der Waals surface area contributed by atoms with E-state index < -0.39 is 12.1 Å². The van der Waals surface area contributed by atoms with Crippen molar-refractivity contribution >= 4 is 23.6 Å². The van der Waals surface area contributed by atoms with Crippen LogP contribution in [0.4, 0.5) is 0 Å². The predicted octanol–water partition coefficient (Wildman–Crippen LogP) is 1.74. The molecule has 0 saturated heterocycles. The zero-order chi connectivity index (χ0) is 31.4. The van der Waals surface area contributed by atoms with E-state index in [9.17, 15) is 19.2 Å². The van der Waals surface area contributed by atoms with Gasteiger partial charge < -0.3 is 20.4 Å². The van der Waals surface area contributed by atoms with Crippen molar-refractivity contribution < 1.29 is 19.2 Å². The first-order valence-electron chi connectivity index (χ1n) is 15.3. The van der Waals surface area contributed by atoms with Gasteiger partial charge in [-0.25, -0.2) is 9.67 Å². The summed E-state index contributed by atoms with van der Waals surface area (Å²) in [4.78, 5) is 61.2. The van der Waals surface area contributed by atoms with Gasteiger partial charge in [-0.1, -0.05) is 50.6 Å². The van der Waals surface area contributed by atoms with Gasteiger partial charge in [0.25, 0.3) is 11.8 Å². The number of hydrogen-bond donors (Lipinski definition) is 2. The summed E-state index contributed by atoms with van der Waals surface area (Å²) in [5.41, 5.74) is 1.58. The smallest absolute Gasteiger partial charge is 0.274 e. The van der Waals surface area contributed by atoms with Crippen molar-refractivity contribution in [2.24, 2.45) is 5.92 Å². The first-order chi connectivity index (χ1) is 21.1. The topological polar surface area (TPSA) is 147 Å². The SMILES string of the molecule is CC[C@H](C)[C@@H]1NC(=O)CCCN(C(=O)c2cc3n(n2)CCN(C)C3=O)CCn2nc(C)nc2[C@H](Cc2ccccc2)NC1=O. The molecule has 3 aromatic rings. The molecule has 2 aliphatic rings. The molecule has 0 spiro atoms. The van der Waals surface area contributed by atoms with Crippen molar-refractivity contribution in [2.75, 3.05) is 26.7 Å². The summed E-state index contributed by atoms with van der Waals surface area (Å²) >= 11 is 0. The van der Waals surface area contributed by atoms with E-state index >= 15 is 0 Å². The number of carbonyl (C=O) groups is 4. The number of amides is 4. The number of aromatic nitrogens is 5. The van der Waals surface area contributed by atoms with Crippen molar-refractivity contribution in [1.29, 1.82) is 0 Å². The van der Waals surface area contributed by atoms with E-state index in [1.807, 2.05) is 44.2 Å². The average Bonchev–Trinajstić information content (AvgIpc) is 3.62. The van der Waals surface area contributed by atoms with Crippen LogP contribution in [0.2, 0.25) is 0 Å². The lowest BCUT2D eigenvalue weighted by atomic mass is 9.97.